The van der Waals surface area contributed by atoms with Crippen LogP contribution in [0.25, 0.3) is 0 Å². The molecule has 6 nitrogen and oxygen atoms in total. The molecule has 0 saturated carbocycles. The van der Waals surface area contributed by atoms with Gasteiger partial charge in [-0.2, -0.15) is 0 Å². The Kier molecular flexibility index (Phi) is 7.83. The second kappa shape index (κ2) is 8.70. The van der Waals surface area contributed by atoms with Gasteiger partial charge in [0.25, 0.3) is 0 Å². The van der Waals surface area contributed by atoms with Crippen molar-refractivity contribution in [3.05, 3.63) is 0 Å². The summed E-state index contributed by atoms with van der Waals surface area (Å²) < 4.78 is 9.12. The molecule has 0 aromatic carbocycles. The van der Waals surface area contributed by atoms with Crippen molar-refractivity contribution < 1.29 is 29.0 Å². The lowest BCUT2D eigenvalue weighted by molar-refractivity contribution is -0.167. The highest BCUT2D eigenvalue weighted by molar-refractivity contribution is 5.71. The fraction of sp³-hybridized carbons (Fsp3) is 0.700. The zero-order valence-electron chi connectivity index (χ0n) is 9.23. The van der Waals surface area contributed by atoms with Gasteiger partial charge < -0.3 is 14.6 Å². The van der Waals surface area contributed by atoms with E-state index in [0.29, 0.717) is 12.8 Å². The normalized spacial score (nSPS) is 9.56. The molecule has 0 spiro atoms. The third kappa shape index (κ3) is 8.98. The molecule has 92 valence electrons. The number of hydrogen-bond acceptors (Lipinski definition) is 5. The molecule has 1 N–H and O–H groups in total. The summed E-state index contributed by atoms with van der Waals surface area (Å²) in [6, 6.07) is 0. The molecule has 0 radical (unpaired) electrons. The van der Waals surface area contributed by atoms with Crippen LogP contribution in [0.3, 0.4) is 0 Å². The molecule has 0 unspecified atom stereocenters. The summed E-state index contributed by atoms with van der Waals surface area (Å²) in [5.41, 5.74) is 0. The van der Waals surface area contributed by atoms with Crippen molar-refractivity contribution in [3.8, 4) is 0 Å². The van der Waals surface area contributed by atoms with Crippen molar-refractivity contribution in [1.82, 2.24) is 0 Å². The summed E-state index contributed by atoms with van der Waals surface area (Å²) in [6.07, 6.45) is 1.29. The number of esters is 2. The van der Waals surface area contributed by atoms with E-state index in [2.05, 4.69) is 9.47 Å². The van der Waals surface area contributed by atoms with Crippen LogP contribution < -0.4 is 0 Å². The quantitative estimate of drug-likeness (QED) is 0.382. The van der Waals surface area contributed by atoms with Crippen molar-refractivity contribution >= 4 is 17.9 Å². The Morgan fingerprint density at radius 1 is 1.00 bits per heavy atom. The zero-order chi connectivity index (χ0) is 12.4. The average Bonchev–Trinajstić information content (AvgIpc) is 2.24. The maximum atomic E-state index is 11.0. The van der Waals surface area contributed by atoms with Gasteiger partial charge in [0.1, 0.15) is 0 Å². The van der Waals surface area contributed by atoms with Crippen LogP contribution in [0.1, 0.15) is 39.0 Å². The van der Waals surface area contributed by atoms with Gasteiger partial charge in [-0.05, 0) is 12.8 Å². The van der Waals surface area contributed by atoms with Crippen LogP contribution in [0, 0.1) is 0 Å². The fourth-order valence-electron chi connectivity index (χ4n) is 0.881. The summed E-state index contributed by atoms with van der Waals surface area (Å²) in [4.78, 5) is 31.8. The van der Waals surface area contributed by atoms with Crippen molar-refractivity contribution in [2.75, 3.05) is 6.79 Å². The molecule has 0 rings (SSSR count). The van der Waals surface area contributed by atoms with E-state index in [1.165, 1.54) is 0 Å². The lowest BCUT2D eigenvalue weighted by Gasteiger charge is -2.04. The maximum Gasteiger partial charge on any atom is 0.308 e. The molecule has 0 heterocycles. The first-order valence-electron chi connectivity index (χ1n) is 5.09. The van der Waals surface area contributed by atoms with Crippen molar-refractivity contribution in [2.24, 2.45) is 0 Å². The first kappa shape index (κ1) is 14.4. The van der Waals surface area contributed by atoms with E-state index < -0.39 is 17.9 Å². The van der Waals surface area contributed by atoms with E-state index in [0.717, 1.165) is 0 Å². The Balaban J connectivity index is 3.38. The fourth-order valence-corrected chi connectivity index (χ4v) is 0.881. The minimum atomic E-state index is -0.884. The SMILES string of the molecule is CCC(=O)OCOC(=O)CCCCC(=O)O. The van der Waals surface area contributed by atoms with Crippen molar-refractivity contribution in [2.45, 2.75) is 39.0 Å². The lowest BCUT2D eigenvalue weighted by Crippen LogP contribution is -2.11. The number of carbonyl (C=O) groups is 3. The second-order valence-electron chi connectivity index (χ2n) is 3.10. The minimum absolute atomic E-state index is 0.0398. The van der Waals surface area contributed by atoms with Crippen LogP contribution in [0.4, 0.5) is 0 Å². The Bertz CT molecular complexity index is 248. The van der Waals surface area contributed by atoms with Gasteiger partial charge in [-0.15, -0.1) is 0 Å². The van der Waals surface area contributed by atoms with Crippen molar-refractivity contribution in [3.63, 3.8) is 0 Å². The molecule has 0 amide bonds. The summed E-state index contributed by atoms with van der Waals surface area (Å²) in [5, 5.41) is 8.33. The summed E-state index contributed by atoms with van der Waals surface area (Å²) >= 11 is 0. The molecule has 0 bridgehead atoms. The number of ether oxygens (including phenoxy) is 2. The first-order valence-corrected chi connectivity index (χ1v) is 5.09. The van der Waals surface area contributed by atoms with E-state index in [1.54, 1.807) is 6.92 Å². The molecule has 0 saturated heterocycles. The summed E-state index contributed by atoms with van der Waals surface area (Å²) in [7, 11) is 0. The average molecular weight is 232 g/mol. The Morgan fingerprint density at radius 3 is 2.12 bits per heavy atom. The third-order valence-electron chi connectivity index (χ3n) is 1.75. The van der Waals surface area contributed by atoms with Gasteiger partial charge in [-0.25, -0.2) is 0 Å². The van der Waals surface area contributed by atoms with Crippen LogP contribution in [0.15, 0.2) is 0 Å². The van der Waals surface area contributed by atoms with E-state index in [9.17, 15) is 14.4 Å². The first-order chi connectivity index (χ1) is 7.56. The Hall–Kier alpha value is -1.59. The molecule has 6 heteroatoms. The van der Waals surface area contributed by atoms with Gasteiger partial charge in [0.15, 0.2) is 0 Å². The molecule has 16 heavy (non-hydrogen) atoms. The topological polar surface area (TPSA) is 89.9 Å². The number of carboxylic acids is 1. The van der Waals surface area contributed by atoms with Crippen LogP contribution in [-0.4, -0.2) is 29.8 Å². The number of unbranched alkanes of at least 4 members (excludes halogenated alkanes) is 1. The van der Waals surface area contributed by atoms with E-state index in [1.807, 2.05) is 0 Å². The summed E-state index contributed by atoms with van der Waals surface area (Å²) in [5.74, 6) is -1.81. The standard InChI is InChI=1S/C10H16O6/c1-2-9(13)15-7-16-10(14)6-4-3-5-8(11)12/h2-7H2,1H3,(H,11,12). The molecular weight excluding hydrogens is 216 g/mol. The molecule has 0 aromatic rings. The molecule has 0 aromatic heterocycles. The molecule has 0 aliphatic carbocycles. The van der Waals surface area contributed by atoms with Gasteiger partial charge in [0.2, 0.25) is 6.79 Å². The Labute approximate surface area is 93.5 Å². The van der Waals surface area contributed by atoms with E-state index in [4.69, 9.17) is 5.11 Å². The maximum absolute atomic E-state index is 11.0. The second-order valence-corrected chi connectivity index (χ2v) is 3.10. The minimum Gasteiger partial charge on any atom is -0.481 e. The van der Waals surface area contributed by atoms with Gasteiger partial charge in [0, 0.05) is 19.3 Å². The number of aliphatic carboxylic acids is 1. The number of rotatable bonds is 8. The molecule has 0 aliphatic rings. The highest BCUT2D eigenvalue weighted by Crippen LogP contribution is 2.01. The molecule has 0 fully saturated rings. The largest absolute Gasteiger partial charge is 0.481 e. The monoisotopic (exact) mass is 232 g/mol. The highest BCUT2D eigenvalue weighted by Gasteiger charge is 2.05. The number of carbonyl (C=O) groups excluding carboxylic acids is 2. The molecule has 0 atom stereocenters. The van der Waals surface area contributed by atoms with Crippen molar-refractivity contribution in [1.29, 1.82) is 0 Å². The number of carboxylic acid groups (broad SMARTS) is 1. The van der Waals surface area contributed by atoms with Gasteiger partial charge in [0.05, 0.1) is 0 Å². The Morgan fingerprint density at radius 2 is 1.56 bits per heavy atom. The van der Waals surface area contributed by atoms with Crippen LogP contribution in [0.5, 0.6) is 0 Å². The smallest absolute Gasteiger partial charge is 0.308 e. The highest BCUT2D eigenvalue weighted by atomic mass is 16.7. The van der Waals surface area contributed by atoms with Crippen LogP contribution in [0.2, 0.25) is 0 Å². The van der Waals surface area contributed by atoms with Crippen LogP contribution >= 0.6 is 0 Å². The third-order valence-corrected chi connectivity index (χ3v) is 1.75. The summed E-state index contributed by atoms with van der Waals surface area (Å²) in [6.45, 7) is 1.26. The molecular formula is C10H16O6. The van der Waals surface area contributed by atoms with Gasteiger partial charge >= 0.3 is 17.9 Å². The predicted octanol–water partition coefficient (Wildman–Crippen LogP) is 1.09. The van der Waals surface area contributed by atoms with E-state index in [-0.39, 0.29) is 26.1 Å². The zero-order valence-corrected chi connectivity index (χ0v) is 9.23. The molecule has 0 aliphatic heterocycles. The van der Waals surface area contributed by atoms with Gasteiger partial charge in [-0.1, -0.05) is 6.92 Å². The van der Waals surface area contributed by atoms with E-state index >= 15 is 0 Å². The number of hydrogen-bond donors (Lipinski definition) is 1. The lowest BCUT2D eigenvalue weighted by atomic mass is 10.2. The predicted molar refractivity (Wildman–Crippen MR) is 53.4 cm³/mol. The van der Waals surface area contributed by atoms with Crippen LogP contribution in [-0.2, 0) is 23.9 Å². The van der Waals surface area contributed by atoms with Gasteiger partial charge in [-0.3, -0.25) is 14.4 Å².